The summed E-state index contributed by atoms with van der Waals surface area (Å²) in [6.07, 6.45) is 0.164. The summed E-state index contributed by atoms with van der Waals surface area (Å²) in [5, 5.41) is 12.0. The summed E-state index contributed by atoms with van der Waals surface area (Å²) in [7, 11) is 0. The summed E-state index contributed by atoms with van der Waals surface area (Å²) in [5.41, 5.74) is 3.37. The molecule has 1 aliphatic carbocycles. The Bertz CT molecular complexity index is 1030. The van der Waals surface area contributed by atoms with Crippen LogP contribution in [0.1, 0.15) is 50.7 Å². The fourth-order valence-electron chi connectivity index (χ4n) is 5.00. The number of rotatable bonds is 5. The minimum atomic E-state index is -1.17. The van der Waals surface area contributed by atoms with E-state index in [2.05, 4.69) is 29.6 Å². The number of carbonyl (C=O) groups excluding carboxylic acids is 2. The topological polar surface area (TPSA) is 95.9 Å². The van der Waals surface area contributed by atoms with E-state index in [0.717, 1.165) is 22.3 Å². The van der Waals surface area contributed by atoms with Gasteiger partial charge < -0.3 is 20.1 Å². The lowest BCUT2D eigenvalue weighted by Crippen LogP contribution is -2.59. The van der Waals surface area contributed by atoms with Crippen LogP contribution < -0.4 is 5.32 Å². The first-order valence-corrected chi connectivity index (χ1v) is 11.4. The Balaban J connectivity index is 1.39. The Morgan fingerprint density at radius 1 is 1.06 bits per heavy atom. The standard InChI is InChI=1S/C26H30N2O5/c1-16-14-17(23(29)30)12-13-28(16)24(31)26(2,3)27-25(32)33-15-22-20-10-6-4-8-18(20)19-9-5-7-11-21(19)22/h4-11,16-17,22H,12-15H2,1-3H3,(H,27,32)(H,29,30)/t16-,17-/m0/s1. The minimum Gasteiger partial charge on any atom is -0.481 e. The van der Waals surface area contributed by atoms with Gasteiger partial charge in [0.1, 0.15) is 12.1 Å². The number of nitrogens with one attached hydrogen (secondary N) is 1. The predicted molar refractivity (Wildman–Crippen MR) is 124 cm³/mol. The molecule has 1 aliphatic heterocycles. The number of ether oxygens (including phenoxy) is 1. The fourth-order valence-corrected chi connectivity index (χ4v) is 5.00. The van der Waals surface area contributed by atoms with Crippen LogP contribution in [0, 0.1) is 5.92 Å². The molecule has 0 unspecified atom stereocenters. The first-order valence-electron chi connectivity index (χ1n) is 11.4. The van der Waals surface area contributed by atoms with Crippen molar-refractivity contribution in [2.45, 2.75) is 51.1 Å². The van der Waals surface area contributed by atoms with Crippen LogP contribution in [0.4, 0.5) is 4.79 Å². The molecule has 2 aliphatic rings. The molecule has 2 amide bonds. The maximum Gasteiger partial charge on any atom is 0.408 e. The van der Waals surface area contributed by atoms with Crippen LogP contribution in [0.3, 0.4) is 0 Å². The third-order valence-corrected chi connectivity index (χ3v) is 6.78. The second kappa shape index (κ2) is 8.89. The number of carboxylic acid groups (broad SMARTS) is 1. The van der Waals surface area contributed by atoms with Crippen LogP contribution in [-0.2, 0) is 14.3 Å². The van der Waals surface area contributed by atoms with Crippen molar-refractivity contribution in [2.75, 3.05) is 13.2 Å². The van der Waals surface area contributed by atoms with Gasteiger partial charge >= 0.3 is 12.1 Å². The van der Waals surface area contributed by atoms with Crippen LogP contribution >= 0.6 is 0 Å². The number of nitrogens with zero attached hydrogens (tertiary/aromatic N) is 1. The molecule has 7 heteroatoms. The lowest BCUT2D eigenvalue weighted by Gasteiger charge is -2.40. The van der Waals surface area contributed by atoms with Gasteiger partial charge in [0.05, 0.1) is 5.92 Å². The molecule has 33 heavy (non-hydrogen) atoms. The van der Waals surface area contributed by atoms with Gasteiger partial charge in [0, 0.05) is 18.5 Å². The average Bonchev–Trinajstić information content (AvgIpc) is 3.10. The molecule has 1 heterocycles. The number of aliphatic carboxylic acids is 1. The van der Waals surface area contributed by atoms with Gasteiger partial charge in [0.15, 0.2) is 0 Å². The van der Waals surface area contributed by atoms with Crippen LogP contribution in [0.2, 0.25) is 0 Å². The summed E-state index contributed by atoms with van der Waals surface area (Å²) in [4.78, 5) is 38.7. The number of benzene rings is 2. The Hall–Kier alpha value is -3.35. The van der Waals surface area contributed by atoms with Gasteiger partial charge in [-0.1, -0.05) is 48.5 Å². The van der Waals surface area contributed by atoms with Gasteiger partial charge in [0.25, 0.3) is 0 Å². The number of carbonyl (C=O) groups is 3. The lowest BCUT2D eigenvalue weighted by atomic mass is 9.90. The molecule has 2 atom stereocenters. The van der Waals surface area contributed by atoms with Crippen molar-refractivity contribution in [3.63, 3.8) is 0 Å². The number of hydrogen-bond donors (Lipinski definition) is 2. The van der Waals surface area contributed by atoms with Crippen molar-refractivity contribution >= 4 is 18.0 Å². The first kappa shape index (κ1) is 22.8. The van der Waals surface area contributed by atoms with E-state index in [1.165, 1.54) is 0 Å². The van der Waals surface area contributed by atoms with Crippen molar-refractivity contribution in [2.24, 2.45) is 5.92 Å². The van der Waals surface area contributed by atoms with E-state index in [-0.39, 0.29) is 24.5 Å². The van der Waals surface area contributed by atoms with E-state index in [9.17, 15) is 19.5 Å². The molecule has 2 aromatic carbocycles. The molecule has 4 rings (SSSR count). The lowest BCUT2D eigenvalue weighted by molar-refractivity contribution is -0.149. The second-order valence-electron chi connectivity index (χ2n) is 9.48. The largest absolute Gasteiger partial charge is 0.481 e. The third kappa shape index (κ3) is 4.45. The summed E-state index contributed by atoms with van der Waals surface area (Å²) in [6.45, 7) is 5.66. The van der Waals surface area contributed by atoms with Gasteiger partial charge in [-0.25, -0.2) is 4.79 Å². The van der Waals surface area contributed by atoms with Crippen LogP contribution in [0.25, 0.3) is 11.1 Å². The highest BCUT2D eigenvalue weighted by Gasteiger charge is 2.40. The van der Waals surface area contributed by atoms with Gasteiger partial charge in [-0.15, -0.1) is 0 Å². The van der Waals surface area contributed by atoms with Crippen LogP contribution in [0.15, 0.2) is 48.5 Å². The zero-order valence-corrected chi connectivity index (χ0v) is 19.2. The molecule has 0 radical (unpaired) electrons. The number of fused-ring (bicyclic) bond motifs is 3. The molecular weight excluding hydrogens is 420 g/mol. The molecule has 1 saturated heterocycles. The SMILES string of the molecule is C[C@H]1C[C@@H](C(=O)O)CCN1C(=O)C(C)(C)NC(=O)OCC1c2ccccc2-c2ccccc21. The maximum absolute atomic E-state index is 13.1. The van der Waals surface area contributed by atoms with Crippen molar-refractivity contribution in [3.8, 4) is 11.1 Å². The Labute approximate surface area is 193 Å². The maximum atomic E-state index is 13.1. The van der Waals surface area contributed by atoms with Crippen molar-refractivity contribution in [1.82, 2.24) is 10.2 Å². The fraction of sp³-hybridized carbons (Fsp3) is 0.423. The highest BCUT2D eigenvalue weighted by molar-refractivity contribution is 5.89. The summed E-state index contributed by atoms with van der Waals surface area (Å²) in [6, 6.07) is 16.0. The Kier molecular flexibility index (Phi) is 6.15. The highest BCUT2D eigenvalue weighted by Crippen LogP contribution is 2.44. The van der Waals surface area contributed by atoms with Crippen molar-refractivity contribution < 1.29 is 24.2 Å². The van der Waals surface area contributed by atoms with E-state index in [4.69, 9.17) is 4.74 Å². The normalized spacial score (nSPS) is 20.0. The summed E-state index contributed by atoms with van der Waals surface area (Å²) < 4.78 is 5.59. The molecule has 7 nitrogen and oxygen atoms in total. The number of carboxylic acids is 1. The number of alkyl carbamates (subject to hydrolysis) is 1. The Morgan fingerprint density at radius 3 is 2.18 bits per heavy atom. The molecular formula is C26H30N2O5. The van der Waals surface area contributed by atoms with E-state index >= 15 is 0 Å². The number of hydrogen-bond acceptors (Lipinski definition) is 4. The number of amides is 2. The van der Waals surface area contributed by atoms with E-state index in [0.29, 0.717) is 19.4 Å². The molecule has 2 aromatic rings. The van der Waals surface area contributed by atoms with Crippen LogP contribution in [0.5, 0.6) is 0 Å². The first-order chi connectivity index (χ1) is 15.7. The highest BCUT2D eigenvalue weighted by atomic mass is 16.5. The molecule has 0 spiro atoms. The smallest absolute Gasteiger partial charge is 0.408 e. The zero-order chi connectivity index (χ0) is 23.8. The zero-order valence-electron chi connectivity index (χ0n) is 19.2. The molecule has 0 aromatic heterocycles. The molecule has 2 N–H and O–H groups in total. The minimum absolute atomic E-state index is 0.0583. The Morgan fingerprint density at radius 2 is 1.64 bits per heavy atom. The van der Waals surface area contributed by atoms with E-state index < -0.39 is 23.5 Å². The quantitative estimate of drug-likeness (QED) is 0.717. The summed E-state index contributed by atoms with van der Waals surface area (Å²) in [5.74, 6) is -1.57. The molecule has 0 bridgehead atoms. The molecule has 0 saturated carbocycles. The van der Waals surface area contributed by atoms with E-state index in [1.807, 2.05) is 31.2 Å². The van der Waals surface area contributed by atoms with Crippen molar-refractivity contribution in [3.05, 3.63) is 59.7 Å². The average molecular weight is 451 g/mol. The number of likely N-dealkylation sites (tertiary alicyclic amines) is 1. The van der Waals surface area contributed by atoms with Gasteiger partial charge in [0.2, 0.25) is 5.91 Å². The van der Waals surface area contributed by atoms with Gasteiger partial charge in [-0.2, -0.15) is 0 Å². The third-order valence-electron chi connectivity index (χ3n) is 6.78. The van der Waals surface area contributed by atoms with Gasteiger partial charge in [-0.3, -0.25) is 9.59 Å². The second-order valence-corrected chi connectivity index (χ2v) is 9.48. The monoisotopic (exact) mass is 450 g/mol. The van der Waals surface area contributed by atoms with E-state index in [1.54, 1.807) is 18.7 Å². The van der Waals surface area contributed by atoms with Crippen molar-refractivity contribution in [1.29, 1.82) is 0 Å². The summed E-state index contributed by atoms with van der Waals surface area (Å²) >= 11 is 0. The number of piperidine rings is 1. The molecule has 174 valence electrons. The van der Waals surface area contributed by atoms with Crippen LogP contribution in [-0.4, -0.2) is 52.7 Å². The predicted octanol–water partition coefficient (Wildman–Crippen LogP) is 4.02. The molecule has 1 fully saturated rings. The van der Waals surface area contributed by atoms with Gasteiger partial charge in [-0.05, 0) is 55.9 Å².